The summed E-state index contributed by atoms with van der Waals surface area (Å²) in [6.07, 6.45) is 15.0. The molecule has 1 aliphatic heterocycles. The third-order valence-corrected chi connectivity index (χ3v) is 4.28. The van der Waals surface area contributed by atoms with Crippen LogP contribution in [0, 0.1) is 0 Å². The van der Waals surface area contributed by atoms with Crippen molar-refractivity contribution in [3.05, 3.63) is 55.0 Å². The van der Waals surface area contributed by atoms with E-state index in [1.807, 2.05) is 23.2 Å². The van der Waals surface area contributed by atoms with E-state index < -0.39 is 0 Å². The van der Waals surface area contributed by atoms with Crippen molar-refractivity contribution in [1.29, 1.82) is 0 Å². The lowest BCUT2D eigenvalue weighted by atomic mass is 9.95. The summed E-state index contributed by atoms with van der Waals surface area (Å²) in [5, 5.41) is 0. The Bertz CT molecular complexity index is 736. The number of aromatic amines is 1. The Hall–Kier alpha value is -2.54. The maximum Gasteiger partial charge on any atom is 0.156 e. The first-order valence-corrected chi connectivity index (χ1v) is 7.88. The average molecular weight is 309 g/mol. The van der Waals surface area contributed by atoms with Crippen molar-refractivity contribution in [3.63, 3.8) is 0 Å². The van der Waals surface area contributed by atoms with Gasteiger partial charge >= 0.3 is 0 Å². The summed E-state index contributed by atoms with van der Waals surface area (Å²) in [6, 6.07) is 0. The number of likely N-dealkylation sites (tertiary alicyclic amines) is 1. The molecule has 0 aliphatic carbocycles. The first-order chi connectivity index (χ1) is 11.4. The number of hydrogen-bond donors (Lipinski definition) is 1. The predicted octanol–water partition coefficient (Wildman–Crippen LogP) is 1.76. The summed E-state index contributed by atoms with van der Waals surface area (Å²) in [5.74, 6) is 1.24. The van der Waals surface area contributed by atoms with Gasteiger partial charge in [0.05, 0.1) is 18.2 Å². The van der Waals surface area contributed by atoms with Gasteiger partial charge in [0.25, 0.3) is 0 Å². The first kappa shape index (κ1) is 14.1. The minimum atomic E-state index is 0.419. The minimum Gasteiger partial charge on any atom is -0.347 e. The van der Waals surface area contributed by atoms with Crippen LogP contribution in [0.3, 0.4) is 0 Å². The van der Waals surface area contributed by atoms with Gasteiger partial charge in [0.2, 0.25) is 0 Å². The molecule has 4 rings (SSSR count). The molecule has 0 radical (unpaired) electrons. The summed E-state index contributed by atoms with van der Waals surface area (Å²) in [6.45, 7) is 3.02. The van der Waals surface area contributed by atoms with Gasteiger partial charge in [0.15, 0.2) is 5.82 Å². The number of hydrogen-bond acceptors (Lipinski definition) is 5. The third kappa shape index (κ3) is 3.14. The van der Waals surface area contributed by atoms with E-state index in [4.69, 9.17) is 4.98 Å². The van der Waals surface area contributed by atoms with Gasteiger partial charge in [-0.3, -0.25) is 14.5 Å². The molecular formula is C16H19N7. The number of piperidine rings is 1. The van der Waals surface area contributed by atoms with E-state index in [2.05, 4.69) is 24.8 Å². The highest BCUT2D eigenvalue weighted by molar-refractivity contribution is 5.21. The molecule has 1 fully saturated rings. The van der Waals surface area contributed by atoms with Gasteiger partial charge in [0.1, 0.15) is 6.33 Å². The molecule has 0 saturated carbocycles. The Morgan fingerprint density at radius 3 is 3.00 bits per heavy atom. The van der Waals surface area contributed by atoms with Crippen LogP contribution in [0.4, 0.5) is 0 Å². The molecule has 1 saturated heterocycles. The highest BCUT2D eigenvalue weighted by Crippen LogP contribution is 2.26. The lowest BCUT2D eigenvalue weighted by Gasteiger charge is -2.32. The van der Waals surface area contributed by atoms with Crippen molar-refractivity contribution < 1.29 is 0 Å². The molecule has 0 spiro atoms. The van der Waals surface area contributed by atoms with E-state index in [0.717, 1.165) is 43.3 Å². The molecule has 3 aromatic rings. The summed E-state index contributed by atoms with van der Waals surface area (Å²) >= 11 is 0. The van der Waals surface area contributed by atoms with E-state index in [1.165, 1.54) is 6.42 Å². The highest BCUT2D eigenvalue weighted by atomic mass is 15.2. The molecule has 3 aromatic heterocycles. The van der Waals surface area contributed by atoms with Crippen LogP contribution in [0.5, 0.6) is 0 Å². The van der Waals surface area contributed by atoms with Gasteiger partial charge in [0, 0.05) is 49.5 Å². The molecule has 23 heavy (non-hydrogen) atoms. The zero-order valence-corrected chi connectivity index (χ0v) is 12.8. The zero-order chi connectivity index (χ0) is 15.5. The zero-order valence-electron chi connectivity index (χ0n) is 12.8. The van der Waals surface area contributed by atoms with Crippen molar-refractivity contribution >= 4 is 0 Å². The Morgan fingerprint density at radius 1 is 1.17 bits per heavy atom. The van der Waals surface area contributed by atoms with Gasteiger partial charge < -0.3 is 4.98 Å². The van der Waals surface area contributed by atoms with Gasteiger partial charge in [-0.05, 0) is 19.4 Å². The molecule has 0 unspecified atom stereocenters. The fourth-order valence-corrected chi connectivity index (χ4v) is 3.14. The molecule has 0 bridgehead atoms. The molecule has 1 aliphatic rings. The van der Waals surface area contributed by atoms with E-state index in [0.29, 0.717) is 5.92 Å². The van der Waals surface area contributed by atoms with Crippen molar-refractivity contribution in [2.75, 3.05) is 13.1 Å². The van der Waals surface area contributed by atoms with Gasteiger partial charge in [-0.1, -0.05) is 0 Å². The van der Waals surface area contributed by atoms with Crippen LogP contribution in [-0.2, 0) is 6.54 Å². The quantitative estimate of drug-likeness (QED) is 0.795. The van der Waals surface area contributed by atoms with Crippen LogP contribution < -0.4 is 0 Å². The number of nitrogens with one attached hydrogen (secondary N) is 1. The van der Waals surface area contributed by atoms with Crippen LogP contribution in [0.2, 0.25) is 0 Å². The monoisotopic (exact) mass is 309 g/mol. The molecule has 1 N–H and O–H groups in total. The lowest BCUT2D eigenvalue weighted by Crippen LogP contribution is -2.34. The normalized spacial score (nSPS) is 19.0. The minimum absolute atomic E-state index is 0.419. The van der Waals surface area contributed by atoms with Gasteiger partial charge in [-0.25, -0.2) is 15.0 Å². The Kier molecular flexibility index (Phi) is 3.85. The molecule has 0 aromatic carbocycles. The molecule has 7 heteroatoms. The summed E-state index contributed by atoms with van der Waals surface area (Å²) in [4.78, 5) is 22.9. The van der Waals surface area contributed by atoms with Gasteiger partial charge in [-0.15, -0.1) is 0 Å². The van der Waals surface area contributed by atoms with Crippen LogP contribution in [0.15, 0.2) is 43.6 Å². The standard InChI is InChI=1S/C16H19N7/c1-2-13(9-22(4-1)10-14-6-19-11-20-14)15-7-18-8-16(21-15)23-5-3-17-12-23/h3,5-8,11-13H,1-2,4,9-10H2,(H,19,20)/t13-/m1/s1. The fourth-order valence-electron chi connectivity index (χ4n) is 3.14. The van der Waals surface area contributed by atoms with Crippen LogP contribution >= 0.6 is 0 Å². The SMILES string of the molecule is c1cn(-c2cncc([C@@H]3CCCN(Cc4cnc[nH]4)C3)n2)cn1. The second-order valence-electron chi connectivity index (χ2n) is 5.92. The van der Waals surface area contributed by atoms with E-state index in [9.17, 15) is 0 Å². The number of aromatic nitrogens is 6. The number of H-pyrrole nitrogens is 1. The second kappa shape index (κ2) is 6.29. The van der Waals surface area contributed by atoms with Crippen molar-refractivity contribution in [2.24, 2.45) is 0 Å². The van der Waals surface area contributed by atoms with E-state index in [1.54, 1.807) is 25.0 Å². The smallest absolute Gasteiger partial charge is 0.156 e. The van der Waals surface area contributed by atoms with Crippen molar-refractivity contribution in [1.82, 2.24) is 34.4 Å². The second-order valence-corrected chi connectivity index (χ2v) is 5.92. The molecule has 7 nitrogen and oxygen atoms in total. The number of nitrogens with zero attached hydrogens (tertiary/aromatic N) is 6. The van der Waals surface area contributed by atoms with Crippen LogP contribution in [0.25, 0.3) is 5.82 Å². The topological polar surface area (TPSA) is 75.5 Å². The fraction of sp³-hybridized carbons (Fsp3) is 0.375. The maximum atomic E-state index is 4.78. The summed E-state index contributed by atoms with van der Waals surface area (Å²) in [7, 11) is 0. The molecular weight excluding hydrogens is 290 g/mol. The van der Waals surface area contributed by atoms with E-state index >= 15 is 0 Å². The largest absolute Gasteiger partial charge is 0.347 e. The molecule has 1 atom stereocenters. The van der Waals surface area contributed by atoms with Gasteiger partial charge in [-0.2, -0.15) is 0 Å². The summed E-state index contributed by atoms with van der Waals surface area (Å²) < 4.78 is 1.89. The van der Waals surface area contributed by atoms with Crippen molar-refractivity contribution in [2.45, 2.75) is 25.3 Å². The highest BCUT2D eigenvalue weighted by Gasteiger charge is 2.23. The Balaban J connectivity index is 1.50. The van der Waals surface area contributed by atoms with Crippen LogP contribution in [-0.4, -0.2) is 47.5 Å². The average Bonchev–Trinajstić information content (AvgIpc) is 3.29. The predicted molar refractivity (Wildman–Crippen MR) is 85.0 cm³/mol. The van der Waals surface area contributed by atoms with E-state index in [-0.39, 0.29) is 0 Å². The Labute approximate surface area is 134 Å². The number of rotatable bonds is 4. The molecule has 118 valence electrons. The molecule has 4 heterocycles. The molecule has 0 amide bonds. The number of imidazole rings is 2. The first-order valence-electron chi connectivity index (χ1n) is 7.88. The Morgan fingerprint density at radius 2 is 2.17 bits per heavy atom. The lowest BCUT2D eigenvalue weighted by molar-refractivity contribution is 0.196. The van der Waals surface area contributed by atoms with Crippen molar-refractivity contribution in [3.8, 4) is 5.82 Å². The summed E-state index contributed by atoms with van der Waals surface area (Å²) in [5.41, 5.74) is 2.22. The maximum absolute atomic E-state index is 4.78. The van der Waals surface area contributed by atoms with Crippen LogP contribution in [0.1, 0.15) is 30.1 Å². The third-order valence-electron chi connectivity index (χ3n) is 4.28.